The van der Waals surface area contributed by atoms with Crippen LogP contribution < -0.4 is 0 Å². The molecule has 0 aromatic heterocycles. The van der Waals surface area contributed by atoms with Crippen molar-refractivity contribution in [3.8, 4) is 0 Å². The highest BCUT2D eigenvalue weighted by molar-refractivity contribution is 5.55. The van der Waals surface area contributed by atoms with Gasteiger partial charge < -0.3 is 0 Å². The number of rotatable bonds is 7. The number of fused-ring (bicyclic) bond motifs is 1. The molecule has 33 heavy (non-hydrogen) atoms. The van der Waals surface area contributed by atoms with E-state index >= 15 is 0 Å². The second-order valence-electron chi connectivity index (χ2n) is 10.6. The maximum Gasteiger partial charge on any atom is 0.0123 e. The van der Waals surface area contributed by atoms with Gasteiger partial charge in [0.1, 0.15) is 0 Å². The van der Waals surface area contributed by atoms with Crippen LogP contribution in [-0.4, -0.2) is 0 Å². The molecule has 1 fully saturated rings. The standard InChI is InChI=1S/C33H42/c1-8-11-22(5)31-23(6)17-29-20-28(18-26-13-12-21(4)16-26)24(7)32(29)33(31)30-19-25(9-2)14-15-27(30)10-3/h12-15,17-19,23,31-33H,5,7-11,16,20H2,1-4,6H3. The van der Waals surface area contributed by atoms with Gasteiger partial charge in [0.05, 0.1) is 0 Å². The van der Waals surface area contributed by atoms with Crippen LogP contribution in [0.1, 0.15) is 82.9 Å². The van der Waals surface area contributed by atoms with Crippen molar-refractivity contribution in [1.82, 2.24) is 0 Å². The van der Waals surface area contributed by atoms with E-state index in [9.17, 15) is 0 Å². The van der Waals surface area contributed by atoms with E-state index in [1.165, 1.54) is 39.0 Å². The SMILES string of the molecule is C=C1C(=CC2=CC=C(C)C2)CC2=CC(C)C(C(=C)CCC)C(c3cc(CC)ccc3CC)C12. The normalized spacial score (nSPS) is 28.0. The molecule has 0 saturated heterocycles. The molecular formula is C33H42. The Kier molecular flexibility index (Phi) is 7.13. The molecular weight excluding hydrogens is 396 g/mol. The van der Waals surface area contributed by atoms with Crippen molar-refractivity contribution in [2.45, 2.75) is 79.1 Å². The van der Waals surface area contributed by atoms with Gasteiger partial charge in [-0.05, 0) is 84.3 Å². The first-order valence-electron chi connectivity index (χ1n) is 13.1. The summed E-state index contributed by atoms with van der Waals surface area (Å²) in [5, 5.41) is 0. The fourth-order valence-electron chi connectivity index (χ4n) is 6.59. The molecule has 1 aromatic carbocycles. The third-order valence-electron chi connectivity index (χ3n) is 8.20. The first-order valence-corrected chi connectivity index (χ1v) is 13.1. The first kappa shape index (κ1) is 23.8. The number of hydrogen-bond donors (Lipinski definition) is 0. The van der Waals surface area contributed by atoms with E-state index in [1.54, 1.807) is 11.1 Å². The lowest BCUT2D eigenvalue weighted by atomic mass is 9.61. The van der Waals surface area contributed by atoms with Crippen molar-refractivity contribution in [2.24, 2.45) is 17.8 Å². The maximum atomic E-state index is 4.74. The summed E-state index contributed by atoms with van der Waals surface area (Å²) in [6, 6.07) is 7.24. The fourth-order valence-corrected chi connectivity index (χ4v) is 6.59. The van der Waals surface area contributed by atoms with Crippen LogP contribution in [0.5, 0.6) is 0 Å². The summed E-state index contributed by atoms with van der Waals surface area (Å²) in [6.07, 6.45) is 16.2. The van der Waals surface area contributed by atoms with Crippen LogP contribution >= 0.6 is 0 Å². The molecule has 0 heterocycles. The van der Waals surface area contributed by atoms with Crippen molar-refractivity contribution in [3.05, 3.63) is 106 Å². The van der Waals surface area contributed by atoms with Crippen LogP contribution in [0.25, 0.3) is 0 Å². The summed E-state index contributed by atoms with van der Waals surface area (Å²) in [6.45, 7) is 20.9. The van der Waals surface area contributed by atoms with E-state index in [2.05, 4.69) is 83.7 Å². The highest BCUT2D eigenvalue weighted by atomic mass is 14.5. The molecule has 4 rings (SSSR count). The molecule has 174 valence electrons. The van der Waals surface area contributed by atoms with E-state index in [4.69, 9.17) is 6.58 Å². The van der Waals surface area contributed by atoms with Crippen LogP contribution in [-0.2, 0) is 12.8 Å². The van der Waals surface area contributed by atoms with Crippen LogP contribution in [0.2, 0.25) is 0 Å². The van der Waals surface area contributed by atoms with Crippen molar-refractivity contribution < 1.29 is 0 Å². The zero-order valence-corrected chi connectivity index (χ0v) is 21.5. The van der Waals surface area contributed by atoms with E-state index in [-0.39, 0.29) is 0 Å². The van der Waals surface area contributed by atoms with Gasteiger partial charge >= 0.3 is 0 Å². The van der Waals surface area contributed by atoms with Gasteiger partial charge in [0.15, 0.2) is 0 Å². The monoisotopic (exact) mass is 438 g/mol. The Bertz CT molecular complexity index is 1070. The molecule has 0 bridgehead atoms. The summed E-state index contributed by atoms with van der Waals surface area (Å²) in [4.78, 5) is 0. The molecule has 0 heteroatoms. The second-order valence-corrected chi connectivity index (χ2v) is 10.6. The molecule has 1 aromatic rings. The zero-order valence-electron chi connectivity index (χ0n) is 21.5. The lowest BCUT2D eigenvalue weighted by molar-refractivity contribution is 0.321. The molecule has 0 nitrogen and oxygen atoms in total. The van der Waals surface area contributed by atoms with Crippen LogP contribution in [0.15, 0.2) is 89.1 Å². The van der Waals surface area contributed by atoms with Crippen molar-refractivity contribution in [3.63, 3.8) is 0 Å². The molecule has 3 aliphatic carbocycles. The fraction of sp³-hybridized carbons (Fsp3) is 0.455. The van der Waals surface area contributed by atoms with Crippen LogP contribution in [0, 0.1) is 17.8 Å². The van der Waals surface area contributed by atoms with E-state index in [1.807, 2.05) is 0 Å². The molecule has 0 radical (unpaired) electrons. The van der Waals surface area contributed by atoms with Gasteiger partial charge in [0.25, 0.3) is 0 Å². The Morgan fingerprint density at radius 2 is 1.88 bits per heavy atom. The van der Waals surface area contributed by atoms with Gasteiger partial charge in [0.2, 0.25) is 0 Å². The minimum atomic E-state index is 0.402. The van der Waals surface area contributed by atoms with Gasteiger partial charge in [-0.1, -0.05) is 106 Å². The average Bonchev–Trinajstić information content (AvgIpc) is 3.34. The Hall–Kier alpha value is -2.34. The van der Waals surface area contributed by atoms with Crippen LogP contribution in [0.4, 0.5) is 0 Å². The number of allylic oxidation sites excluding steroid dienone is 10. The maximum absolute atomic E-state index is 4.74. The topological polar surface area (TPSA) is 0 Å². The minimum Gasteiger partial charge on any atom is -0.0995 e. The van der Waals surface area contributed by atoms with Crippen molar-refractivity contribution in [2.75, 3.05) is 0 Å². The molecule has 3 aliphatic rings. The molecule has 0 amide bonds. The minimum absolute atomic E-state index is 0.402. The predicted molar refractivity (Wildman–Crippen MR) is 145 cm³/mol. The Morgan fingerprint density at radius 3 is 2.52 bits per heavy atom. The molecule has 4 unspecified atom stereocenters. The first-order chi connectivity index (χ1) is 15.9. The molecule has 4 atom stereocenters. The highest BCUT2D eigenvalue weighted by Gasteiger charge is 2.45. The summed E-state index contributed by atoms with van der Waals surface area (Å²) in [7, 11) is 0. The highest BCUT2D eigenvalue weighted by Crippen LogP contribution is 2.57. The van der Waals surface area contributed by atoms with Crippen molar-refractivity contribution in [1.29, 1.82) is 0 Å². The summed E-state index contributed by atoms with van der Waals surface area (Å²) < 4.78 is 0. The van der Waals surface area contributed by atoms with Crippen LogP contribution in [0.3, 0.4) is 0 Å². The number of benzene rings is 1. The molecule has 0 aliphatic heterocycles. The average molecular weight is 439 g/mol. The van der Waals surface area contributed by atoms with Gasteiger partial charge in [-0.2, -0.15) is 0 Å². The number of aryl methyl sites for hydroxylation is 2. The molecule has 1 saturated carbocycles. The lowest BCUT2D eigenvalue weighted by Crippen LogP contribution is -2.32. The largest absolute Gasteiger partial charge is 0.0995 e. The molecule has 0 spiro atoms. The van der Waals surface area contributed by atoms with Crippen molar-refractivity contribution >= 4 is 0 Å². The van der Waals surface area contributed by atoms with Gasteiger partial charge in [-0.25, -0.2) is 0 Å². The smallest absolute Gasteiger partial charge is 0.0123 e. The Labute approximate surface area is 202 Å². The van der Waals surface area contributed by atoms with E-state index < -0.39 is 0 Å². The second kappa shape index (κ2) is 9.88. The number of hydrogen-bond acceptors (Lipinski definition) is 0. The quantitative estimate of drug-likeness (QED) is 0.372. The Morgan fingerprint density at radius 1 is 1.09 bits per heavy atom. The third-order valence-corrected chi connectivity index (χ3v) is 8.20. The van der Waals surface area contributed by atoms with E-state index in [0.29, 0.717) is 23.7 Å². The van der Waals surface area contributed by atoms with Gasteiger partial charge in [-0.15, -0.1) is 0 Å². The summed E-state index contributed by atoms with van der Waals surface area (Å²) in [5.41, 5.74) is 13.2. The third kappa shape index (κ3) is 4.54. The predicted octanol–water partition coefficient (Wildman–Crippen LogP) is 9.22. The lowest BCUT2D eigenvalue weighted by Gasteiger charge is -2.42. The summed E-state index contributed by atoms with van der Waals surface area (Å²) >= 11 is 0. The van der Waals surface area contributed by atoms with E-state index in [0.717, 1.165) is 38.5 Å². The summed E-state index contributed by atoms with van der Waals surface area (Å²) in [5.74, 6) is 1.83. The Balaban J connectivity index is 1.82. The van der Waals surface area contributed by atoms with Gasteiger partial charge in [-0.3, -0.25) is 0 Å². The zero-order chi connectivity index (χ0) is 23.7. The van der Waals surface area contributed by atoms with Gasteiger partial charge in [0, 0.05) is 11.8 Å². The molecule has 0 N–H and O–H groups in total.